The zero-order valence-corrected chi connectivity index (χ0v) is 11.0. The van der Waals surface area contributed by atoms with Crippen molar-refractivity contribution in [2.75, 3.05) is 19.0 Å². The van der Waals surface area contributed by atoms with Gasteiger partial charge in [0.2, 0.25) is 5.88 Å². The Morgan fingerprint density at radius 2 is 2.31 bits per heavy atom. The van der Waals surface area contributed by atoms with E-state index in [1.807, 2.05) is 7.05 Å². The molecule has 0 bridgehead atoms. The molecule has 0 radical (unpaired) electrons. The lowest BCUT2D eigenvalue weighted by Gasteiger charge is -2.24. The van der Waals surface area contributed by atoms with E-state index in [1.54, 1.807) is 0 Å². The molecule has 0 saturated heterocycles. The van der Waals surface area contributed by atoms with Gasteiger partial charge in [-0.3, -0.25) is 0 Å². The summed E-state index contributed by atoms with van der Waals surface area (Å²) < 4.78 is 6.44. The fraction of sp³-hybridized carbons (Fsp3) is 0.636. The van der Waals surface area contributed by atoms with Gasteiger partial charge >= 0.3 is 0 Å². The predicted octanol–water partition coefficient (Wildman–Crippen LogP) is 2.85. The molecule has 88 valence electrons. The second-order valence-corrected chi connectivity index (χ2v) is 4.82. The topological polar surface area (TPSA) is 47.0 Å². The molecule has 2 rings (SSSR count). The van der Waals surface area contributed by atoms with E-state index in [4.69, 9.17) is 4.74 Å². The van der Waals surface area contributed by atoms with Crippen LogP contribution in [0.3, 0.4) is 0 Å². The van der Waals surface area contributed by atoms with E-state index in [1.165, 1.54) is 25.6 Å². The van der Waals surface area contributed by atoms with Gasteiger partial charge in [0.25, 0.3) is 0 Å². The molecule has 16 heavy (non-hydrogen) atoms. The highest BCUT2D eigenvalue weighted by molar-refractivity contribution is 9.10. The van der Waals surface area contributed by atoms with Crippen LogP contribution in [-0.2, 0) is 0 Å². The largest absolute Gasteiger partial charge is 0.477 e. The monoisotopic (exact) mass is 285 g/mol. The molecular formula is C11H16BrN3O. The highest BCUT2D eigenvalue weighted by Crippen LogP contribution is 2.31. The highest BCUT2D eigenvalue weighted by Gasteiger charge is 2.17. The summed E-state index contributed by atoms with van der Waals surface area (Å²) in [6.07, 6.45) is 6.73. The van der Waals surface area contributed by atoms with Gasteiger partial charge in [0.05, 0.1) is 6.61 Å². The fourth-order valence-electron chi connectivity index (χ4n) is 1.73. The smallest absolute Gasteiger partial charge is 0.233 e. The number of hydrogen-bond acceptors (Lipinski definition) is 4. The quantitative estimate of drug-likeness (QED) is 0.904. The Morgan fingerprint density at radius 3 is 2.94 bits per heavy atom. The summed E-state index contributed by atoms with van der Waals surface area (Å²) in [7, 11) is 1.82. The summed E-state index contributed by atoms with van der Waals surface area (Å²) in [4.78, 5) is 8.19. The number of rotatable bonds is 5. The third-order valence-corrected chi connectivity index (χ3v) is 3.70. The lowest BCUT2D eigenvalue weighted by molar-refractivity contribution is 0.216. The van der Waals surface area contributed by atoms with E-state index in [0.717, 1.165) is 29.2 Å². The first kappa shape index (κ1) is 11.6. The van der Waals surface area contributed by atoms with Crippen molar-refractivity contribution in [1.29, 1.82) is 0 Å². The van der Waals surface area contributed by atoms with E-state index in [2.05, 4.69) is 31.2 Å². The molecule has 0 spiro atoms. The molecule has 1 N–H and O–H groups in total. The van der Waals surface area contributed by atoms with Crippen LogP contribution in [-0.4, -0.2) is 23.6 Å². The molecule has 0 aromatic carbocycles. The van der Waals surface area contributed by atoms with Crippen LogP contribution < -0.4 is 10.1 Å². The molecule has 0 amide bonds. The summed E-state index contributed by atoms with van der Waals surface area (Å²) in [5.41, 5.74) is 0. The number of hydrogen-bond donors (Lipinski definition) is 1. The molecule has 0 unspecified atom stereocenters. The third-order valence-electron chi connectivity index (χ3n) is 2.98. The molecule has 0 atom stereocenters. The van der Waals surface area contributed by atoms with E-state index in [-0.39, 0.29) is 0 Å². The number of nitrogens with one attached hydrogen (secondary N) is 1. The van der Waals surface area contributed by atoms with Gasteiger partial charge in [0, 0.05) is 7.05 Å². The average molecular weight is 286 g/mol. The Bertz CT molecular complexity index is 355. The SMILES string of the molecule is CNc1ncnc(OCCC2CCC2)c1Br. The van der Waals surface area contributed by atoms with Crippen molar-refractivity contribution in [2.24, 2.45) is 5.92 Å². The molecule has 1 aliphatic carbocycles. The van der Waals surface area contributed by atoms with Crippen molar-refractivity contribution in [3.8, 4) is 5.88 Å². The Balaban J connectivity index is 1.87. The van der Waals surface area contributed by atoms with Gasteiger partial charge < -0.3 is 10.1 Å². The summed E-state index contributed by atoms with van der Waals surface area (Å²) in [5.74, 6) is 2.25. The first-order valence-corrected chi connectivity index (χ1v) is 6.41. The molecule has 0 aliphatic heterocycles. The minimum atomic E-state index is 0.624. The number of nitrogens with zero attached hydrogens (tertiary/aromatic N) is 2. The summed E-state index contributed by atoms with van der Waals surface area (Å²) >= 11 is 3.43. The van der Waals surface area contributed by atoms with Crippen LogP contribution in [0.15, 0.2) is 10.8 Å². The van der Waals surface area contributed by atoms with Crippen molar-refractivity contribution in [2.45, 2.75) is 25.7 Å². The van der Waals surface area contributed by atoms with Crippen LogP contribution >= 0.6 is 15.9 Å². The second-order valence-electron chi connectivity index (χ2n) is 4.03. The van der Waals surface area contributed by atoms with Crippen LogP contribution in [0.4, 0.5) is 5.82 Å². The van der Waals surface area contributed by atoms with Gasteiger partial charge in [-0.15, -0.1) is 0 Å². The van der Waals surface area contributed by atoms with Gasteiger partial charge in [0.15, 0.2) is 0 Å². The van der Waals surface area contributed by atoms with E-state index in [0.29, 0.717) is 5.88 Å². The third kappa shape index (κ3) is 2.64. The molecule has 5 heteroatoms. The van der Waals surface area contributed by atoms with Gasteiger partial charge in [-0.2, -0.15) is 0 Å². The Kier molecular flexibility index (Phi) is 3.98. The molecule has 4 nitrogen and oxygen atoms in total. The summed E-state index contributed by atoms with van der Waals surface area (Å²) in [6.45, 7) is 0.740. The second kappa shape index (κ2) is 5.48. The lowest BCUT2D eigenvalue weighted by Crippen LogP contribution is -2.15. The predicted molar refractivity (Wildman–Crippen MR) is 66.7 cm³/mol. The maximum Gasteiger partial charge on any atom is 0.233 e. The van der Waals surface area contributed by atoms with Crippen molar-refractivity contribution in [3.05, 3.63) is 10.8 Å². The highest BCUT2D eigenvalue weighted by atomic mass is 79.9. The van der Waals surface area contributed by atoms with E-state index < -0.39 is 0 Å². The van der Waals surface area contributed by atoms with Gasteiger partial charge in [-0.05, 0) is 28.3 Å². The van der Waals surface area contributed by atoms with Gasteiger partial charge in [-0.1, -0.05) is 19.3 Å². The number of ether oxygens (including phenoxy) is 1. The van der Waals surface area contributed by atoms with Crippen molar-refractivity contribution >= 4 is 21.7 Å². The van der Waals surface area contributed by atoms with Crippen LogP contribution in [0.2, 0.25) is 0 Å². The van der Waals surface area contributed by atoms with E-state index >= 15 is 0 Å². The Labute approximate surface area is 104 Å². The fourth-order valence-corrected chi connectivity index (χ4v) is 2.25. The van der Waals surface area contributed by atoms with Crippen LogP contribution in [0.5, 0.6) is 5.88 Å². The molecule has 1 aromatic heterocycles. The standard InChI is InChI=1S/C11H16BrN3O/c1-13-10-9(12)11(15-7-14-10)16-6-5-8-3-2-4-8/h7-8H,2-6H2,1H3,(H,13,14,15). The maximum absolute atomic E-state index is 5.65. The number of anilines is 1. The normalized spacial score (nSPS) is 15.6. The van der Waals surface area contributed by atoms with Crippen LogP contribution in [0.25, 0.3) is 0 Å². The molecule has 1 saturated carbocycles. The zero-order chi connectivity index (χ0) is 11.4. The average Bonchev–Trinajstić information content (AvgIpc) is 2.24. The Hall–Kier alpha value is -0.840. The van der Waals surface area contributed by atoms with Gasteiger partial charge in [-0.25, -0.2) is 9.97 Å². The van der Waals surface area contributed by atoms with Crippen molar-refractivity contribution in [3.63, 3.8) is 0 Å². The summed E-state index contributed by atoms with van der Waals surface area (Å²) in [6, 6.07) is 0. The molecule has 1 aromatic rings. The van der Waals surface area contributed by atoms with Crippen molar-refractivity contribution in [1.82, 2.24) is 9.97 Å². The summed E-state index contributed by atoms with van der Waals surface area (Å²) in [5, 5.41) is 2.98. The molecular weight excluding hydrogens is 270 g/mol. The van der Waals surface area contributed by atoms with Crippen molar-refractivity contribution < 1.29 is 4.74 Å². The Morgan fingerprint density at radius 1 is 1.50 bits per heavy atom. The molecule has 1 aliphatic rings. The van der Waals surface area contributed by atoms with Crippen LogP contribution in [0, 0.1) is 5.92 Å². The number of halogens is 1. The minimum Gasteiger partial charge on any atom is -0.477 e. The minimum absolute atomic E-state index is 0.624. The molecule has 1 heterocycles. The molecule has 1 fully saturated rings. The first-order valence-electron chi connectivity index (χ1n) is 5.62. The first-order chi connectivity index (χ1) is 7.81. The van der Waals surface area contributed by atoms with Crippen LogP contribution in [0.1, 0.15) is 25.7 Å². The maximum atomic E-state index is 5.65. The lowest BCUT2D eigenvalue weighted by atomic mass is 9.83. The zero-order valence-electron chi connectivity index (χ0n) is 9.37. The van der Waals surface area contributed by atoms with Gasteiger partial charge in [0.1, 0.15) is 16.6 Å². The number of aromatic nitrogens is 2. The van der Waals surface area contributed by atoms with E-state index in [9.17, 15) is 0 Å².